The summed E-state index contributed by atoms with van der Waals surface area (Å²) in [5, 5.41) is 12.5. The zero-order valence-corrected chi connectivity index (χ0v) is 13.4. The van der Waals surface area contributed by atoms with Crippen molar-refractivity contribution in [1.29, 1.82) is 0 Å². The molecular formula is C14H11BrClN5. The van der Waals surface area contributed by atoms with Crippen LogP contribution in [0.15, 0.2) is 40.9 Å². The Morgan fingerprint density at radius 2 is 2.00 bits per heavy atom. The van der Waals surface area contributed by atoms with Crippen LogP contribution in [0, 0.1) is 6.92 Å². The van der Waals surface area contributed by atoms with E-state index in [1.54, 1.807) is 22.9 Å². The third-order valence-corrected chi connectivity index (χ3v) is 3.92. The first kappa shape index (κ1) is 14.0. The fourth-order valence-electron chi connectivity index (χ4n) is 2.04. The van der Waals surface area contributed by atoms with Crippen molar-refractivity contribution in [3.63, 3.8) is 0 Å². The van der Waals surface area contributed by atoms with Crippen molar-refractivity contribution in [1.82, 2.24) is 20.2 Å². The van der Waals surface area contributed by atoms with E-state index in [9.17, 15) is 0 Å². The number of nitrogen functional groups attached to an aromatic ring is 1. The molecular weight excluding hydrogens is 354 g/mol. The first-order chi connectivity index (χ1) is 10.1. The van der Waals surface area contributed by atoms with E-state index in [1.165, 1.54) is 0 Å². The number of hydrogen-bond donors (Lipinski definition) is 1. The number of aromatic nitrogens is 4. The first-order valence-electron chi connectivity index (χ1n) is 6.16. The van der Waals surface area contributed by atoms with Gasteiger partial charge in [-0.05, 0) is 53.2 Å². The minimum atomic E-state index is 0.549. The molecule has 21 heavy (non-hydrogen) atoms. The van der Waals surface area contributed by atoms with Gasteiger partial charge >= 0.3 is 0 Å². The van der Waals surface area contributed by atoms with Crippen LogP contribution in [-0.2, 0) is 0 Å². The van der Waals surface area contributed by atoms with E-state index >= 15 is 0 Å². The van der Waals surface area contributed by atoms with Crippen molar-refractivity contribution in [3.05, 3.63) is 51.5 Å². The lowest BCUT2D eigenvalue weighted by atomic mass is 10.1. The summed E-state index contributed by atoms with van der Waals surface area (Å²) in [6.07, 6.45) is 0. The molecule has 7 heteroatoms. The lowest BCUT2D eigenvalue weighted by Crippen LogP contribution is -2.03. The minimum absolute atomic E-state index is 0.549. The highest BCUT2D eigenvalue weighted by atomic mass is 79.9. The van der Waals surface area contributed by atoms with Crippen LogP contribution >= 0.6 is 27.5 Å². The Labute approximate surface area is 134 Å². The van der Waals surface area contributed by atoms with E-state index in [0.717, 1.165) is 15.7 Å². The largest absolute Gasteiger partial charge is 0.399 e. The molecule has 0 radical (unpaired) electrons. The Morgan fingerprint density at radius 3 is 2.81 bits per heavy atom. The van der Waals surface area contributed by atoms with E-state index in [0.29, 0.717) is 22.1 Å². The van der Waals surface area contributed by atoms with Gasteiger partial charge in [-0.15, -0.1) is 5.10 Å². The van der Waals surface area contributed by atoms with Crippen LogP contribution in [0.25, 0.3) is 17.1 Å². The Kier molecular flexibility index (Phi) is 3.65. The van der Waals surface area contributed by atoms with Gasteiger partial charge in [-0.1, -0.05) is 33.6 Å². The fourth-order valence-corrected chi connectivity index (χ4v) is 2.59. The second-order valence-electron chi connectivity index (χ2n) is 4.58. The molecule has 1 heterocycles. The van der Waals surface area contributed by atoms with Crippen LogP contribution in [0.3, 0.4) is 0 Å². The molecule has 3 rings (SSSR count). The van der Waals surface area contributed by atoms with E-state index in [4.69, 9.17) is 17.3 Å². The molecule has 2 aromatic carbocycles. The monoisotopic (exact) mass is 363 g/mol. The van der Waals surface area contributed by atoms with Crippen LogP contribution in [-0.4, -0.2) is 20.2 Å². The molecule has 0 fully saturated rings. The van der Waals surface area contributed by atoms with Crippen molar-refractivity contribution in [3.8, 4) is 17.1 Å². The maximum atomic E-state index is 6.24. The summed E-state index contributed by atoms with van der Waals surface area (Å²) < 4.78 is 2.60. The molecule has 5 nitrogen and oxygen atoms in total. The highest BCUT2D eigenvalue weighted by Gasteiger charge is 2.15. The maximum absolute atomic E-state index is 6.24. The Bertz CT molecular complexity index is 749. The molecule has 0 amide bonds. The number of benzene rings is 2. The Balaban J connectivity index is 2.22. The molecule has 3 aromatic rings. The van der Waals surface area contributed by atoms with E-state index in [2.05, 4.69) is 31.5 Å². The quantitative estimate of drug-likeness (QED) is 0.705. The third-order valence-electron chi connectivity index (χ3n) is 3.10. The zero-order valence-electron chi connectivity index (χ0n) is 11.1. The van der Waals surface area contributed by atoms with Crippen LogP contribution < -0.4 is 5.73 Å². The van der Waals surface area contributed by atoms with Gasteiger partial charge in [-0.2, -0.15) is 4.68 Å². The molecule has 106 valence electrons. The SMILES string of the molecule is Cc1ccc(Br)cc1-n1nnnc1-c1cc(N)ccc1Cl. The lowest BCUT2D eigenvalue weighted by Gasteiger charge is -2.09. The summed E-state index contributed by atoms with van der Waals surface area (Å²) >= 11 is 9.71. The molecule has 0 atom stereocenters. The van der Waals surface area contributed by atoms with Crippen LogP contribution in [0.4, 0.5) is 5.69 Å². The maximum Gasteiger partial charge on any atom is 0.188 e. The van der Waals surface area contributed by atoms with Gasteiger partial charge in [0.1, 0.15) is 0 Å². The molecule has 0 aliphatic carbocycles. The topological polar surface area (TPSA) is 69.6 Å². The molecule has 0 spiro atoms. The van der Waals surface area contributed by atoms with Gasteiger partial charge in [0.15, 0.2) is 5.82 Å². The van der Waals surface area contributed by atoms with Crippen LogP contribution in [0.2, 0.25) is 5.02 Å². The van der Waals surface area contributed by atoms with Crippen LogP contribution in [0.5, 0.6) is 0 Å². The molecule has 0 aliphatic rings. The van der Waals surface area contributed by atoms with Crippen molar-refractivity contribution in [2.75, 3.05) is 5.73 Å². The zero-order chi connectivity index (χ0) is 15.0. The Hall–Kier alpha value is -1.92. The number of tetrazole rings is 1. The first-order valence-corrected chi connectivity index (χ1v) is 7.33. The summed E-state index contributed by atoms with van der Waals surface area (Å²) in [6.45, 7) is 1.99. The molecule has 0 unspecified atom stereocenters. The van der Waals surface area contributed by atoms with Gasteiger partial charge in [-0.3, -0.25) is 0 Å². The molecule has 1 aromatic heterocycles. The Morgan fingerprint density at radius 1 is 1.19 bits per heavy atom. The van der Waals surface area contributed by atoms with Gasteiger partial charge in [0, 0.05) is 15.7 Å². The average Bonchev–Trinajstić information content (AvgIpc) is 2.93. The van der Waals surface area contributed by atoms with Gasteiger partial charge in [0.05, 0.1) is 10.7 Å². The van der Waals surface area contributed by atoms with Crippen molar-refractivity contribution in [2.24, 2.45) is 0 Å². The van der Waals surface area contributed by atoms with Gasteiger partial charge in [-0.25, -0.2) is 0 Å². The van der Waals surface area contributed by atoms with Crippen LogP contribution in [0.1, 0.15) is 5.56 Å². The average molecular weight is 365 g/mol. The molecule has 2 N–H and O–H groups in total. The smallest absolute Gasteiger partial charge is 0.188 e. The number of nitrogens with two attached hydrogens (primary N) is 1. The summed E-state index contributed by atoms with van der Waals surface area (Å²) in [5.74, 6) is 0.550. The van der Waals surface area contributed by atoms with Gasteiger partial charge in [0.25, 0.3) is 0 Å². The second-order valence-corrected chi connectivity index (χ2v) is 5.91. The number of rotatable bonds is 2. The molecule has 0 saturated carbocycles. The normalized spacial score (nSPS) is 10.8. The fraction of sp³-hybridized carbons (Fsp3) is 0.0714. The van der Waals surface area contributed by atoms with E-state index < -0.39 is 0 Å². The highest BCUT2D eigenvalue weighted by Crippen LogP contribution is 2.30. The highest BCUT2D eigenvalue weighted by molar-refractivity contribution is 9.10. The lowest BCUT2D eigenvalue weighted by molar-refractivity contribution is 0.787. The van der Waals surface area contributed by atoms with Crippen molar-refractivity contribution < 1.29 is 0 Å². The summed E-state index contributed by atoms with van der Waals surface area (Å²) in [5.41, 5.74) is 9.06. The van der Waals surface area contributed by atoms with Crippen molar-refractivity contribution >= 4 is 33.2 Å². The van der Waals surface area contributed by atoms with Gasteiger partial charge in [0.2, 0.25) is 0 Å². The third kappa shape index (κ3) is 2.64. The predicted octanol–water partition coefficient (Wildman–Crippen LogP) is 3.64. The molecule has 0 saturated heterocycles. The van der Waals surface area contributed by atoms with E-state index in [1.807, 2.05) is 25.1 Å². The number of halogens is 2. The molecule has 0 aliphatic heterocycles. The number of hydrogen-bond acceptors (Lipinski definition) is 4. The summed E-state index contributed by atoms with van der Waals surface area (Å²) in [7, 11) is 0. The molecule has 0 bridgehead atoms. The number of nitrogens with zero attached hydrogens (tertiary/aromatic N) is 4. The minimum Gasteiger partial charge on any atom is -0.399 e. The standard InChI is InChI=1S/C14H11BrClN5/c1-8-2-3-9(15)6-13(8)21-14(18-19-20-21)11-7-10(17)4-5-12(11)16/h2-7H,17H2,1H3. The van der Waals surface area contributed by atoms with Gasteiger partial charge < -0.3 is 5.73 Å². The van der Waals surface area contributed by atoms with Crippen molar-refractivity contribution in [2.45, 2.75) is 6.92 Å². The summed E-state index contributed by atoms with van der Waals surface area (Å²) in [4.78, 5) is 0. The predicted molar refractivity (Wildman–Crippen MR) is 86.4 cm³/mol. The summed E-state index contributed by atoms with van der Waals surface area (Å²) in [6, 6.07) is 11.2. The number of aryl methyl sites for hydroxylation is 1. The van der Waals surface area contributed by atoms with E-state index in [-0.39, 0.29) is 0 Å². The second kappa shape index (κ2) is 5.46. The number of anilines is 1.